The van der Waals surface area contributed by atoms with Gasteiger partial charge in [0, 0.05) is 25.7 Å². The molecule has 0 aromatic heterocycles. The van der Waals surface area contributed by atoms with Gasteiger partial charge in [0.25, 0.3) is 11.6 Å². The lowest BCUT2D eigenvalue weighted by molar-refractivity contribution is -0.546. The molecule has 1 aromatic carbocycles. The molecule has 9 atom stereocenters. The molecule has 0 radical (unpaired) electrons. The van der Waals surface area contributed by atoms with E-state index in [1.807, 2.05) is 0 Å². The van der Waals surface area contributed by atoms with Crippen LogP contribution in [0.15, 0.2) is 23.2 Å². The van der Waals surface area contributed by atoms with Gasteiger partial charge < -0.3 is 61.4 Å². The summed E-state index contributed by atoms with van der Waals surface area (Å²) >= 11 is 0. The fourth-order valence-corrected chi connectivity index (χ4v) is 5.75. The number of carbonyl (C=O) groups is 1. The number of aliphatic hydroxyl groups excluding tert-OH is 3. The molecular weight excluding hydrogens is 531 g/mol. The number of hydrogen-bond donors (Lipinski definition) is 9. The monoisotopic (exact) mass is 558 g/mol. The smallest absolute Gasteiger partial charge is 0.311 e. The topological polar surface area (TPSA) is 264 Å². The van der Waals surface area contributed by atoms with E-state index in [9.17, 15) is 44.8 Å². The lowest BCUT2D eigenvalue weighted by Gasteiger charge is -2.71. The zero-order valence-electron chi connectivity index (χ0n) is 20.1. The minimum absolute atomic E-state index is 0.0155. The van der Waals surface area contributed by atoms with E-state index in [4.69, 9.17) is 19.9 Å². The molecule has 5 aliphatic rings. The number of nitrogens with one attached hydrogen (secondary N) is 3. The van der Waals surface area contributed by atoms with Crippen molar-refractivity contribution in [3.8, 4) is 5.75 Å². The highest BCUT2D eigenvalue weighted by atomic mass is 19.1. The van der Waals surface area contributed by atoms with Crippen molar-refractivity contribution >= 4 is 17.6 Å². The normalized spacial score (nSPS) is 39.9. The van der Waals surface area contributed by atoms with Gasteiger partial charge in [0.15, 0.2) is 36.5 Å². The van der Waals surface area contributed by atoms with Crippen molar-refractivity contribution in [3.05, 3.63) is 34.1 Å². The van der Waals surface area contributed by atoms with E-state index < -0.39 is 82.6 Å². The highest BCUT2D eigenvalue weighted by Gasteiger charge is 2.82. The lowest BCUT2D eigenvalue weighted by atomic mass is 9.55. The fourth-order valence-electron chi connectivity index (χ4n) is 5.75. The number of nitrogens with two attached hydrogens (primary N) is 1. The molecule has 1 aromatic rings. The van der Waals surface area contributed by atoms with Crippen molar-refractivity contribution in [1.29, 1.82) is 0 Å². The molecule has 39 heavy (non-hydrogen) atoms. The number of rotatable bonds is 9. The van der Waals surface area contributed by atoms with Gasteiger partial charge in [-0.2, -0.15) is 0 Å². The molecule has 3 saturated heterocycles. The van der Waals surface area contributed by atoms with Gasteiger partial charge in [-0.05, 0) is 6.07 Å². The van der Waals surface area contributed by atoms with Crippen molar-refractivity contribution < 1.29 is 53.9 Å². The van der Waals surface area contributed by atoms with Gasteiger partial charge in [0.2, 0.25) is 0 Å². The molecule has 10 N–H and O–H groups in total. The summed E-state index contributed by atoms with van der Waals surface area (Å²) in [6.45, 7) is -0.786. The van der Waals surface area contributed by atoms with Crippen LogP contribution in [0.25, 0.3) is 0 Å². The van der Waals surface area contributed by atoms with Crippen LogP contribution in [0, 0.1) is 21.8 Å². The standard InChI is InChI=1S/C21H27FN6O11/c22-9-5-8(28(35)36)1-2-10(9)37-6-11(29)25-4-3-24-7-19(33)14-12-16(31)26-18(23)27-20(12)13(30)15(19)39-21(34,38-14)17(20)32/h1-2,5,12-17,24,30-34H,3-4,6-7H2,(H,25,29)(H3,23,26,27)/t12-,13-,14-,15+,16-,17+,19+,20-,21+/m1/s1. The van der Waals surface area contributed by atoms with E-state index in [0.717, 1.165) is 12.1 Å². The Balaban J connectivity index is 1.16. The number of guanidine groups is 1. The SMILES string of the molecule is NC1=N[C@H](O)[C@H]2[C@H]3O[C@]4(O)O[C@@H]([C@@H](O)[C@@]2(N1)[C@@H]4O)[C@]3(O)CNCCNC(=O)COc1ccc([N+](=O)[O-])cc1F. The molecule has 4 fully saturated rings. The van der Waals surface area contributed by atoms with Crippen LogP contribution in [-0.4, -0.2) is 116 Å². The Labute approximate surface area is 218 Å². The van der Waals surface area contributed by atoms with Crippen LogP contribution < -0.4 is 26.4 Å². The summed E-state index contributed by atoms with van der Waals surface area (Å²) in [5.41, 5.74) is 1.39. The number of carbonyl (C=O) groups excluding carboxylic acids is 1. The molecule has 4 aliphatic heterocycles. The maximum absolute atomic E-state index is 13.9. The first-order valence-corrected chi connectivity index (χ1v) is 11.8. The molecule has 18 heteroatoms. The third kappa shape index (κ3) is 4.16. The van der Waals surface area contributed by atoms with Gasteiger partial charge in [-0.15, -0.1) is 0 Å². The molecule has 6 rings (SSSR count). The Hall–Kier alpha value is -3.23. The van der Waals surface area contributed by atoms with Crippen molar-refractivity contribution in [2.24, 2.45) is 16.6 Å². The third-order valence-electron chi connectivity index (χ3n) is 7.48. The van der Waals surface area contributed by atoms with Crippen LogP contribution >= 0.6 is 0 Å². The highest BCUT2D eigenvalue weighted by molar-refractivity contribution is 5.80. The van der Waals surface area contributed by atoms with Crippen LogP contribution in [0.3, 0.4) is 0 Å². The van der Waals surface area contributed by atoms with Gasteiger partial charge in [0.1, 0.15) is 29.5 Å². The number of nitro benzene ring substituents is 1. The Kier molecular flexibility index (Phi) is 6.63. The summed E-state index contributed by atoms with van der Waals surface area (Å²) in [5.74, 6) is -6.10. The zero-order valence-corrected chi connectivity index (χ0v) is 20.1. The van der Waals surface area contributed by atoms with Crippen LogP contribution in [0.1, 0.15) is 0 Å². The predicted molar refractivity (Wildman–Crippen MR) is 123 cm³/mol. The summed E-state index contributed by atoms with van der Waals surface area (Å²) in [4.78, 5) is 25.7. The number of amides is 1. The second kappa shape index (κ2) is 9.45. The molecular formula is C21H27FN6O11. The van der Waals surface area contributed by atoms with Gasteiger partial charge >= 0.3 is 5.97 Å². The number of benzene rings is 1. The summed E-state index contributed by atoms with van der Waals surface area (Å²) in [5, 5.41) is 73.4. The van der Waals surface area contributed by atoms with E-state index in [0.29, 0.717) is 6.07 Å². The van der Waals surface area contributed by atoms with E-state index in [-0.39, 0.29) is 31.3 Å². The first-order valence-electron chi connectivity index (χ1n) is 11.8. The molecule has 214 valence electrons. The van der Waals surface area contributed by atoms with Crippen LogP contribution in [0.2, 0.25) is 0 Å². The average Bonchev–Trinajstić information content (AvgIpc) is 2.86. The number of aliphatic hydroxyl groups is 5. The quantitative estimate of drug-likeness (QED) is 0.0784. The van der Waals surface area contributed by atoms with E-state index in [1.165, 1.54) is 0 Å². The second-order valence-electron chi connectivity index (χ2n) is 9.75. The summed E-state index contributed by atoms with van der Waals surface area (Å²) in [7, 11) is 0. The van der Waals surface area contributed by atoms with Crippen LogP contribution in [-0.2, 0) is 14.3 Å². The minimum Gasteiger partial charge on any atom is -0.481 e. The van der Waals surface area contributed by atoms with Gasteiger partial charge in [-0.1, -0.05) is 0 Å². The number of nitro groups is 1. The molecule has 1 spiro atoms. The van der Waals surface area contributed by atoms with Gasteiger partial charge in [-0.25, -0.2) is 9.38 Å². The summed E-state index contributed by atoms with van der Waals surface area (Å²) < 4.78 is 29.7. The number of halogens is 1. The van der Waals surface area contributed by atoms with Gasteiger partial charge in [-0.3, -0.25) is 14.9 Å². The first kappa shape index (κ1) is 27.3. The number of hydrogen-bond acceptors (Lipinski definition) is 15. The average molecular weight is 558 g/mol. The molecule has 4 bridgehead atoms. The lowest BCUT2D eigenvalue weighted by Crippen LogP contribution is -2.95. The summed E-state index contributed by atoms with van der Waals surface area (Å²) in [6, 6.07) is 2.73. The molecule has 0 unspecified atom stereocenters. The van der Waals surface area contributed by atoms with E-state index in [1.54, 1.807) is 0 Å². The molecule has 1 amide bonds. The third-order valence-corrected chi connectivity index (χ3v) is 7.48. The highest BCUT2D eigenvalue weighted by Crippen LogP contribution is 2.58. The maximum Gasteiger partial charge on any atom is 0.311 e. The number of aliphatic imine (C=N–C) groups is 1. The number of non-ortho nitro benzene ring substituents is 1. The zero-order chi connectivity index (χ0) is 28.3. The van der Waals surface area contributed by atoms with E-state index in [2.05, 4.69) is 20.9 Å². The summed E-state index contributed by atoms with van der Waals surface area (Å²) in [6.07, 6.45) is -8.02. The number of nitrogens with zero attached hydrogens (tertiary/aromatic N) is 2. The number of ether oxygens (including phenoxy) is 3. The molecule has 4 heterocycles. The Bertz CT molecular complexity index is 1210. The van der Waals surface area contributed by atoms with Crippen LogP contribution in [0.4, 0.5) is 10.1 Å². The van der Waals surface area contributed by atoms with Crippen molar-refractivity contribution in [2.45, 2.75) is 47.8 Å². The second-order valence-corrected chi connectivity index (χ2v) is 9.75. The van der Waals surface area contributed by atoms with Crippen molar-refractivity contribution in [2.75, 3.05) is 26.2 Å². The Morgan fingerprint density at radius 1 is 1.26 bits per heavy atom. The van der Waals surface area contributed by atoms with E-state index >= 15 is 0 Å². The Morgan fingerprint density at radius 3 is 2.67 bits per heavy atom. The minimum atomic E-state index is -2.60. The predicted octanol–water partition coefficient (Wildman–Crippen LogP) is -4.68. The molecule has 1 aliphatic carbocycles. The van der Waals surface area contributed by atoms with Crippen molar-refractivity contribution in [1.82, 2.24) is 16.0 Å². The van der Waals surface area contributed by atoms with Crippen LogP contribution in [0.5, 0.6) is 5.75 Å². The maximum atomic E-state index is 13.9. The molecule has 17 nitrogen and oxygen atoms in total. The molecule has 1 saturated carbocycles. The van der Waals surface area contributed by atoms with Gasteiger partial charge in [0.05, 0.1) is 16.9 Å². The largest absolute Gasteiger partial charge is 0.481 e. The van der Waals surface area contributed by atoms with Crippen molar-refractivity contribution in [3.63, 3.8) is 0 Å². The Morgan fingerprint density at radius 2 is 1.97 bits per heavy atom. The first-order chi connectivity index (χ1) is 18.3. The fraction of sp³-hybridized carbons (Fsp3) is 0.619.